The number of rotatable bonds is 4. The molecule has 2 heterocycles. The van der Waals surface area contributed by atoms with Crippen molar-refractivity contribution in [3.05, 3.63) is 53.0 Å². The van der Waals surface area contributed by atoms with Crippen LogP contribution in [0.4, 0.5) is 5.13 Å². The van der Waals surface area contributed by atoms with Gasteiger partial charge in [-0.05, 0) is 18.6 Å². The van der Waals surface area contributed by atoms with Crippen molar-refractivity contribution in [2.75, 3.05) is 5.32 Å². The van der Waals surface area contributed by atoms with Gasteiger partial charge in [0.2, 0.25) is 0 Å². The van der Waals surface area contributed by atoms with E-state index in [2.05, 4.69) is 10.3 Å². The van der Waals surface area contributed by atoms with Crippen molar-refractivity contribution < 1.29 is 14.8 Å². The number of allylic oxidation sites excluding steroid dienone is 1. The van der Waals surface area contributed by atoms with Gasteiger partial charge >= 0.3 is 0 Å². The minimum atomic E-state index is -0.422. The van der Waals surface area contributed by atoms with E-state index in [0.29, 0.717) is 17.1 Å². The van der Waals surface area contributed by atoms with Crippen LogP contribution in [0.1, 0.15) is 22.5 Å². The van der Waals surface area contributed by atoms with Gasteiger partial charge in [0.05, 0.1) is 10.9 Å². The second-order valence-electron chi connectivity index (χ2n) is 4.74. The maximum atomic E-state index is 12.1. The third-order valence-corrected chi connectivity index (χ3v) is 5.28. The van der Waals surface area contributed by atoms with Gasteiger partial charge in [0.15, 0.2) is 5.13 Å². The van der Waals surface area contributed by atoms with Crippen LogP contribution in [-0.4, -0.2) is 27.3 Å². The largest absolute Gasteiger partial charge is 0.298 e. The number of nitrogens with zero attached hydrogens (tertiary/aromatic N) is 1. The van der Waals surface area contributed by atoms with E-state index < -0.39 is 5.91 Å². The molecule has 0 bridgehead atoms. The lowest BCUT2D eigenvalue weighted by Crippen LogP contribution is -2.28. The summed E-state index contributed by atoms with van der Waals surface area (Å²) in [5.74, 6) is -0.633. The average molecular weight is 347 g/mol. The molecule has 1 aromatic carbocycles. The maximum absolute atomic E-state index is 12.1. The minimum absolute atomic E-state index is 0.211. The predicted molar refractivity (Wildman–Crippen MR) is 90.4 cm³/mol. The van der Waals surface area contributed by atoms with Crippen LogP contribution in [0.2, 0.25) is 0 Å². The molecule has 1 atom stereocenters. The zero-order chi connectivity index (χ0) is 16.2. The Labute approximate surface area is 140 Å². The summed E-state index contributed by atoms with van der Waals surface area (Å²) in [6, 6.07) is 8.92. The van der Waals surface area contributed by atoms with Crippen molar-refractivity contribution in [3.63, 3.8) is 0 Å². The summed E-state index contributed by atoms with van der Waals surface area (Å²) in [7, 11) is 0. The molecule has 1 aromatic heterocycles. The fourth-order valence-corrected chi connectivity index (χ4v) is 3.92. The van der Waals surface area contributed by atoms with Gasteiger partial charge in [-0.15, -0.1) is 23.1 Å². The van der Waals surface area contributed by atoms with Gasteiger partial charge in [-0.2, -0.15) is 0 Å². The van der Waals surface area contributed by atoms with Crippen molar-refractivity contribution in [1.29, 1.82) is 0 Å². The molecule has 0 aliphatic carbocycles. The molecule has 0 spiro atoms. The van der Waals surface area contributed by atoms with E-state index in [9.17, 15) is 9.59 Å². The number of anilines is 1. The lowest BCUT2D eigenvalue weighted by molar-refractivity contribution is -0.128. The normalized spacial score (nSPS) is 16.7. The highest BCUT2D eigenvalue weighted by Crippen LogP contribution is 2.40. The quantitative estimate of drug-likeness (QED) is 0.584. The van der Waals surface area contributed by atoms with Crippen LogP contribution >= 0.6 is 23.1 Å². The number of nitrogens with one attached hydrogen (secondary N) is 2. The highest BCUT2D eigenvalue weighted by Gasteiger charge is 2.26. The smallest absolute Gasteiger partial charge is 0.257 e. The molecule has 23 heavy (non-hydrogen) atoms. The SMILES string of the molecule is O=C(Nc1nc(C2=CCC(C(=O)NO)S2)cs1)c1ccccc1. The Morgan fingerprint density at radius 2 is 2.04 bits per heavy atom. The Hall–Kier alpha value is -2.16. The Balaban J connectivity index is 1.65. The molecule has 0 fully saturated rings. The van der Waals surface area contributed by atoms with Crippen LogP contribution in [-0.2, 0) is 4.79 Å². The molecule has 3 rings (SSSR count). The summed E-state index contributed by atoms with van der Waals surface area (Å²) in [6.45, 7) is 0. The third-order valence-electron chi connectivity index (χ3n) is 3.20. The van der Waals surface area contributed by atoms with Gasteiger partial charge in [0, 0.05) is 15.8 Å². The standard InChI is InChI=1S/C15H13N3O3S2/c19-13(9-4-2-1-3-5-9)17-15-16-10(8-22-15)11-6-7-12(23-11)14(20)18-21/h1-6,8,12,21H,7H2,(H,18,20)(H,16,17,19). The Morgan fingerprint density at radius 3 is 2.78 bits per heavy atom. The molecular weight excluding hydrogens is 334 g/mol. The summed E-state index contributed by atoms with van der Waals surface area (Å²) in [5.41, 5.74) is 2.95. The Kier molecular flexibility index (Phi) is 4.75. The number of carbonyl (C=O) groups excluding carboxylic acids is 2. The summed E-state index contributed by atoms with van der Waals surface area (Å²) in [6.07, 6.45) is 2.44. The molecule has 1 unspecified atom stereocenters. The van der Waals surface area contributed by atoms with Crippen LogP contribution in [0.3, 0.4) is 0 Å². The Bertz CT molecular complexity index is 758. The second kappa shape index (κ2) is 6.95. The lowest BCUT2D eigenvalue weighted by atomic mass is 10.2. The number of amides is 2. The van der Waals surface area contributed by atoms with E-state index in [-0.39, 0.29) is 11.2 Å². The number of hydrogen-bond acceptors (Lipinski definition) is 6. The molecule has 1 aliphatic heterocycles. The molecular formula is C15H13N3O3S2. The average Bonchev–Trinajstić information content (AvgIpc) is 3.24. The van der Waals surface area contributed by atoms with Crippen LogP contribution in [0.15, 0.2) is 41.8 Å². The number of benzene rings is 1. The van der Waals surface area contributed by atoms with Gasteiger partial charge in [-0.25, -0.2) is 10.5 Å². The number of hydrogen-bond donors (Lipinski definition) is 3. The van der Waals surface area contributed by atoms with Crippen molar-refractivity contribution in [3.8, 4) is 0 Å². The van der Waals surface area contributed by atoms with Gasteiger partial charge < -0.3 is 0 Å². The zero-order valence-corrected chi connectivity index (χ0v) is 13.5. The molecule has 0 saturated heterocycles. The molecule has 118 valence electrons. The van der Waals surface area contributed by atoms with E-state index in [1.165, 1.54) is 23.1 Å². The summed E-state index contributed by atoms with van der Waals surface area (Å²) < 4.78 is 0. The van der Waals surface area contributed by atoms with Crippen LogP contribution in [0.25, 0.3) is 4.91 Å². The van der Waals surface area contributed by atoms with Gasteiger partial charge in [0.25, 0.3) is 11.8 Å². The van der Waals surface area contributed by atoms with E-state index in [1.54, 1.807) is 29.7 Å². The Morgan fingerprint density at radius 1 is 1.26 bits per heavy atom. The molecule has 2 amide bonds. The van der Waals surface area contributed by atoms with Crippen molar-refractivity contribution in [2.45, 2.75) is 11.7 Å². The molecule has 1 aliphatic rings. The van der Waals surface area contributed by atoms with Crippen LogP contribution in [0, 0.1) is 0 Å². The van der Waals surface area contributed by atoms with Gasteiger partial charge in [-0.1, -0.05) is 24.3 Å². The number of carbonyl (C=O) groups is 2. The first-order valence-corrected chi connectivity index (χ1v) is 8.56. The topological polar surface area (TPSA) is 91.3 Å². The predicted octanol–water partition coefficient (Wildman–Crippen LogP) is 2.75. The van der Waals surface area contributed by atoms with E-state index in [0.717, 1.165) is 10.6 Å². The third kappa shape index (κ3) is 3.61. The zero-order valence-electron chi connectivity index (χ0n) is 11.9. The van der Waals surface area contributed by atoms with E-state index >= 15 is 0 Å². The number of thiazole rings is 1. The first-order chi connectivity index (χ1) is 11.2. The second-order valence-corrected chi connectivity index (χ2v) is 6.85. The molecule has 8 heteroatoms. The molecule has 3 N–H and O–H groups in total. The fraction of sp³-hybridized carbons (Fsp3) is 0.133. The van der Waals surface area contributed by atoms with Crippen molar-refractivity contribution in [1.82, 2.24) is 10.5 Å². The highest BCUT2D eigenvalue weighted by atomic mass is 32.2. The van der Waals surface area contributed by atoms with Gasteiger partial charge in [0.1, 0.15) is 0 Å². The number of thioether (sulfide) groups is 1. The minimum Gasteiger partial charge on any atom is -0.298 e. The van der Waals surface area contributed by atoms with Crippen LogP contribution in [0.5, 0.6) is 0 Å². The first-order valence-electron chi connectivity index (χ1n) is 6.80. The lowest BCUT2D eigenvalue weighted by Gasteiger charge is -2.05. The summed E-state index contributed by atoms with van der Waals surface area (Å²) >= 11 is 2.67. The van der Waals surface area contributed by atoms with Crippen molar-refractivity contribution in [2.24, 2.45) is 0 Å². The van der Waals surface area contributed by atoms with E-state index in [1.807, 2.05) is 17.5 Å². The summed E-state index contributed by atoms with van der Waals surface area (Å²) in [5, 5.41) is 13.4. The highest BCUT2D eigenvalue weighted by molar-refractivity contribution is 8.09. The van der Waals surface area contributed by atoms with Crippen LogP contribution < -0.4 is 10.8 Å². The maximum Gasteiger partial charge on any atom is 0.257 e. The number of hydroxylamine groups is 1. The van der Waals surface area contributed by atoms with Crippen molar-refractivity contribution >= 4 is 44.9 Å². The van der Waals surface area contributed by atoms with E-state index in [4.69, 9.17) is 5.21 Å². The summed E-state index contributed by atoms with van der Waals surface area (Å²) in [4.78, 5) is 28.7. The molecule has 6 nitrogen and oxygen atoms in total. The fourth-order valence-electron chi connectivity index (χ4n) is 2.06. The monoisotopic (exact) mass is 347 g/mol. The first kappa shape index (κ1) is 15.7. The number of aromatic nitrogens is 1. The molecule has 0 saturated carbocycles. The van der Waals surface area contributed by atoms with Gasteiger partial charge in [-0.3, -0.25) is 20.1 Å². The molecule has 2 aromatic rings. The molecule has 0 radical (unpaired) electrons.